The van der Waals surface area contributed by atoms with E-state index >= 15 is 0 Å². The Hall–Kier alpha value is -7.63. The van der Waals surface area contributed by atoms with E-state index in [-0.39, 0.29) is 28.5 Å². The van der Waals surface area contributed by atoms with E-state index in [0.29, 0.717) is 39.2 Å². The summed E-state index contributed by atoms with van der Waals surface area (Å²) in [7, 11) is 0. The van der Waals surface area contributed by atoms with Crippen molar-refractivity contribution in [1.82, 2.24) is 0 Å². The first-order valence-corrected chi connectivity index (χ1v) is 17.0. The summed E-state index contributed by atoms with van der Waals surface area (Å²) in [6.07, 6.45) is 1.80. The number of hydrogen-bond acceptors (Lipinski definition) is 6. The van der Waals surface area contributed by atoms with Gasteiger partial charge in [0.15, 0.2) is 5.78 Å². The predicted octanol–water partition coefficient (Wildman–Crippen LogP) is 10.5. The van der Waals surface area contributed by atoms with Crippen molar-refractivity contribution in [3.63, 3.8) is 0 Å². The minimum Gasteiger partial charge on any atom is -0.455 e. The third-order valence-electron chi connectivity index (χ3n) is 8.88. The number of non-ortho nitro benzene ring substituents is 2. The molecule has 0 aromatic heterocycles. The summed E-state index contributed by atoms with van der Waals surface area (Å²) in [6, 6.07) is 49.7. The number of ether oxygens (including phenoxy) is 1. The smallest absolute Gasteiger partial charge is 0.269 e. The fourth-order valence-electron chi connectivity index (χ4n) is 6.29. The van der Waals surface area contributed by atoms with Crippen LogP contribution in [-0.4, -0.2) is 15.6 Å². The maximum atomic E-state index is 14.8. The number of Topliss-reactive ketones (excluding diaryl/α,β-unsaturated/α-hetero) is 1. The zero-order chi connectivity index (χ0) is 37.4. The van der Waals surface area contributed by atoms with E-state index in [2.05, 4.69) is 11.8 Å². The van der Waals surface area contributed by atoms with Crippen molar-refractivity contribution in [3.8, 4) is 11.8 Å². The Bertz CT molecular complexity index is 2500. The van der Waals surface area contributed by atoms with Crippen molar-refractivity contribution in [2.75, 3.05) is 0 Å². The van der Waals surface area contributed by atoms with Crippen LogP contribution in [0.2, 0.25) is 0 Å². The lowest BCUT2D eigenvalue weighted by molar-refractivity contribution is -0.385. The number of allylic oxidation sites excluding steroid dienone is 3. The van der Waals surface area contributed by atoms with Gasteiger partial charge in [0.1, 0.15) is 11.5 Å². The number of carbonyl (C=O) groups excluding carboxylic acids is 1. The number of nitro benzene ring substituents is 2. The molecule has 1 atom stereocenters. The van der Waals surface area contributed by atoms with E-state index in [1.807, 2.05) is 97.1 Å². The van der Waals surface area contributed by atoms with Gasteiger partial charge < -0.3 is 4.74 Å². The number of rotatable bonds is 9. The number of benzene rings is 6. The molecule has 6 aromatic carbocycles. The third kappa shape index (κ3) is 7.52. The van der Waals surface area contributed by atoms with Crippen LogP contribution in [-0.2, 0) is 4.74 Å². The first-order valence-electron chi connectivity index (χ1n) is 17.0. The molecule has 1 unspecified atom stereocenters. The average molecular weight is 707 g/mol. The van der Waals surface area contributed by atoms with Crippen molar-refractivity contribution >= 4 is 34.6 Å². The van der Waals surface area contributed by atoms with Crippen LogP contribution in [0.25, 0.3) is 17.4 Å². The summed E-state index contributed by atoms with van der Waals surface area (Å²) in [5, 5.41) is 23.1. The molecule has 0 spiro atoms. The van der Waals surface area contributed by atoms with E-state index in [1.165, 1.54) is 24.3 Å². The highest BCUT2D eigenvalue weighted by Gasteiger charge is 2.37. The average Bonchev–Trinajstić information content (AvgIpc) is 3.23. The van der Waals surface area contributed by atoms with Gasteiger partial charge >= 0.3 is 0 Å². The van der Waals surface area contributed by atoms with Crippen LogP contribution in [0, 0.1) is 32.1 Å². The summed E-state index contributed by atoms with van der Waals surface area (Å²) in [5.74, 6) is 6.34. The predicted molar refractivity (Wildman–Crippen MR) is 209 cm³/mol. The molecule has 0 amide bonds. The third-order valence-corrected chi connectivity index (χ3v) is 8.88. The van der Waals surface area contributed by atoms with E-state index in [1.54, 1.807) is 54.6 Å². The van der Waals surface area contributed by atoms with Gasteiger partial charge in [-0.2, -0.15) is 0 Å². The van der Waals surface area contributed by atoms with Gasteiger partial charge in [0.05, 0.1) is 21.0 Å². The molecule has 0 fully saturated rings. The SMILES string of the molecule is O=C(/C(=C/c1ccccc1)C1=C(c2ccc([N+](=O)[O-])cc2)C(c2ccccc2)C(C#Cc2ccc([N+](=O)[O-])cc2)=C(c2ccccc2)O1)c1ccccc1. The lowest BCUT2D eigenvalue weighted by Gasteiger charge is -2.33. The molecule has 7 rings (SSSR count). The van der Waals surface area contributed by atoms with E-state index in [0.717, 1.165) is 11.1 Å². The zero-order valence-electron chi connectivity index (χ0n) is 28.7. The molecule has 8 heteroatoms. The summed E-state index contributed by atoms with van der Waals surface area (Å²) in [6.45, 7) is 0. The molecule has 0 saturated heterocycles. The molecule has 1 aliphatic heterocycles. The van der Waals surface area contributed by atoms with Crippen LogP contribution in [0.3, 0.4) is 0 Å². The molecule has 6 aromatic rings. The lowest BCUT2D eigenvalue weighted by Crippen LogP contribution is -2.20. The minimum atomic E-state index is -0.639. The molecule has 0 radical (unpaired) electrons. The minimum absolute atomic E-state index is 0.0539. The van der Waals surface area contributed by atoms with Crippen molar-refractivity contribution in [2.45, 2.75) is 5.92 Å². The van der Waals surface area contributed by atoms with Gasteiger partial charge in [-0.05, 0) is 47.0 Å². The van der Waals surface area contributed by atoms with Crippen molar-refractivity contribution in [1.29, 1.82) is 0 Å². The largest absolute Gasteiger partial charge is 0.455 e. The molecule has 1 heterocycles. The van der Waals surface area contributed by atoms with Gasteiger partial charge in [0.25, 0.3) is 11.4 Å². The molecular formula is C46H30N2O6. The van der Waals surface area contributed by atoms with Crippen molar-refractivity contribution < 1.29 is 19.4 Å². The molecule has 0 N–H and O–H groups in total. The van der Waals surface area contributed by atoms with Crippen molar-refractivity contribution in [2.24, 2.45) is 0 Å². The van der Waals surface area contributed by atoms with Crippen LogP contribution in [0.5, 0.6) is 0 Å². The number of ketones is 1. The Morgan fingerprint density at radius 1 is 0.593 bits per heavy atom. The molecule has 260 valence electrons. The van der Waals surface area contributed by atoms with E-state index < -0.39 is 15.8 Å². The van der Waals surface area contributed by atoms with Crippen molar-refractivity contribution in [3.05, 3.63) is 240 Å². The Balaban J connectivity index is 1.56. The second-order valence-electron chi connectivity index (χ2n) is 12.3. The lowest BCUT2D eigenvalue weighted by atomic mass is 9.76. The summed E-state index contributed by atoms with van der Waals surface area (Å²) >= 11 is 0. The Morgan fingerprint density at radius 2 is 1.11 bits per heavy atom. The first-order chi connectivity index (χ1) is 26.4. The van der Waals surface area contributed by atoms with Crippen LogP contribution in [0.4, 0.5) is 11.4 Å². The molecule has 0 bridgehead atoms. The Labute approximate surface area is 311 Å². The second-order valence-corrected chi connectivity index (χ2v) is 12.3. The highest BCUT2D eigenvalue weighted by molar-refractivity contribution is 6.16. The first kappa shape index (κ1) is 34.8. The number of carbonyl (C=O) groups is 1. The van der Waals surface area contributed by atoms with Gasteiger partial charge in [-0.25, -0.2) is 0 Å². The van der Waals surface area contributed by atoms with Gasteiger partial charge in [-0.15, -0.1) is 0 Å². The van der Waals surface area contributed by atoms with Crippen LogP contribution >= 0.6 is 0 Å². The normalized spacial score (nSPS) is 14.1. The monoisotopic (exact) mass is 706 g/mol. The van der Waals surface area contributed by atoms with E-state index in [4.69, 9.17) is 4.74 Å². The topological polar surface area (TPSA) is 113 Å². The maximum absolute atomic E-state index is 14.8. The number of nitro groups is 2. The fraction of sp³-hybridized carbons (Fsp3) is 0.0217. The molecule has 54 heavy (non-hydrogen) atoms. The fourth-order valence-corrected chi connectivity index (χ4v) is 6.29. The van der Waals surface area contributed by atoms with Gasteiger partial charge in [-0.1, -0.05) is 133 Å². The Kier molecular flexibility index (Phi) is 10.1. The van der Waals surface area contributed by atoms with Crippen LogP contribution in [0.1, 0.15) is 44.1 Å². The van der Waals surface area contributed by atoms with Gasteiger partial charge in [-0.3, -0.25) is 25.0 Å². The molecule has 0 aliphatic carbocycles. The highest BCUT2D eigenvalue weighted by atomic mass is 16.6. The molecule has 1 aliphatic rings. The standard InChI is InChI=1S/C46H30N2O6/c49-44(36-17-9-3-10-18-36)41(31-33-13-5-1-6-14-33)46-43(35-24-28-39(29-25-35)48(52)53)42(34-15-7-2-8-16-34)40(45(54-46)37-19-11-4-12-20-37)30-23-32-21-26-38(27-22-32)47(50)51/h1-22,24-29,31,42H/b41-31-. The zero-order valence-corrected chi connectivity index (χ0v) is 28.7. The maximum Gasteiger partial charge on any atom is 0.269 e. The van der Waals surface area contributed by atoms with Crippen LogP contribution in [0.15, 0.2) is 187 Å². The number of hydrogen-bond donors (Lipinski definition) is 0. The van der Waals surface area contributed by atoms with E-state index in [9.17, 15) is 25.0 Å². The summed E-state index contributed by atoms with van der Waals surface area (Å²) < 4.78 is 7.04. The molecule has 8 nitrogen and oxygen atoms in total. The van der Waals surface area contributed by atoms with Gasteiger partial charge in [0.2, 0.25) is 0 Å². The van der Waals surface area contributed by atoms with Crippen LogP contribution < -0.4 is 0 Å². The summed E-state index contributed by atoms with van der Waals surface area (Å²) in [5.41, 5.74) is 5.16. The second kappa shape index (κ2) is 15.7. The highest BCUT2D eigenvalue weighted by Crippen LogP contribution is 2.50. The number of nitrogens with zero attached hydrogens (tertiary/aromatic N) is 2. The molecular weight excluding hydrogens is 677 g/mol. The van der Waals surface area contributed by atoms with Gasteiger partial charge in [0, 0.05) is 52.4 Å². The molecule has 0 saturated carbocycles. The quantitative estimate of drug-likeness (QED) is 0.0486. The Morgan fingerprint density at radius 3 is 1.69 bits per heavy atom. The summed E-state index contributed by atoms with van der Waals surface area (Å²) in [4.78, 5) is 37.0.